The van der Waals surface area contributed by atoms with Crippen molar-refractivity contribution in [2.24, 2.45) is 17.3 Å². The number of allylic oxidation sites excluding steroid dienone is 6. The highest BCUT2D eigenvalue weighted by Crippen LogP contribution is 2.57. The van der Waals surface area contributed by atoms with E-state index in [4.69, 9.17) is 0 Å². The molecule has 0 aromatic rings. The second-order valence-corrected chi connectivity index (χ2v) is 7.04. The van der Waals surface area contributed by atoms with Gasteiger partial charge in [-0.2, -0.15) is 0 Å². The summed E-state index contributed by atoms with van der Waals surface area (Å²) in [4.78, 5) is 11.6. The minimum absolute atomic E-state index is 0.348. The Labute approximate surface area is 115 Å². The van der Waals surface area contributed by atoms with E-state index in [0.717, 1.165) is 31.1 Å². The van der Waals surface area contributed by atoms with Crippen LogP contribution >= 0.6 is 0 Å². The average Bonchev–Trinajstić information content (AvgIpc) is 2.79. The third-order valence-corrected chi connectivity index (χ3v) is 6.06. The van der Waals surface area contributed by atoms with Gasteiger partial charge in [0.1, 0.15) is 0 Å². The molecule has 1 nitrogen and oxygen atoms in total. The molecule has 0 saturated heterocycles. The van der Waals surface area contributed by atoms with E-state index in [0.29, 0.717) is 11.2 Å². The molecule has 1 fully saturated rings. The molecule has 1 saturated carbocycles. The van der Waals surface area contributed by atoms with Crippen LogP contribution in [0.4, 0.5) is 0 Å². The predicted octanol–water partition coefficient (Wildman–Crippen LogP) is 4.36. The van der Waals surface area contributed by atoms with E-state index in [9.17, 15) is 4.79 Å². The van der Waals surface area contributed by atoms with Crippen molar-refractivity contribution in [2.45, 2.75) is 51.9 Å². The number of hydrogen-bond donors (Lipinski definition) is 0. The molecule has 0 amide bonds. The lowest BCUT2D eigenvalue weighted by atomic mass is 9.58. The Bertz CT molecular complexity index is 534. The van der Waals surface area contributed by atoms with Gasteiger partial charge >= 0.3 is 0 Å². The zero-order valence-corrected chi connectivity index (χ0v) is 11.7. The molecule has 100 valence electrons. The van der Waals surface area contributed by atoms with Gasteiger partial charge in [0.25, 0.3) is 0 Å². The van der Waals surface area contributed by atoms with E-state index in [1.807, 2.05) is 6.08 Å². The number of carbonyl (C=O) groups is 1. The van der Waals surface area contributed by atoms with Crippen LogP contribution < -0.4 is 0 Å². The van der Waals surface area contributed by atoms with Crippen LogP contribution in [0.1, 0.15) is 51.9 Å². The molecular weight excluding hydrogens is 232 g/mol. The lowest BCUT2D eigenvalue weighted by Crippen LogP contribution is -2.37. The topological polar surface area (TPSA) is 17.1 Å². The van der Waals surface area contributed by atoms with Crippen molar-refractivity contribution in [1.82, 2.24) is 0 Å². The summed E-state index contributed by atoms with van der Waals surface area (Å²) in [5.74, 6) is 1.98. The van der Waals surface area contributed by atoms with Gasteiger partial charge in [-0.15, -0.1) is 0 Å². The molecule has 19 heavy (non-hydrogen) atoms. The van der Waals surface area contributed by atoms with E-state index >= 15 is 0 Å². The number of ketones is 1. The summed E-state index contributed by atoms with van der Waals surface area (Å²) < 4.78 is 0. The molecule has 4 rings (SSSR count). The van der Waals surface area contributed by atoms with E-state index in [1.165, 1.54) is 31.3 Å². The van der Waals surface area contributed by atoms with E-state index < -0.39 is 0 Å². The molecule has 0 spiro atoms. The molecule has 3 unspecified atom stereocenters. The minimum atomic E-state index is 0.348. The van der Waals surface area contributed by atoms with Crippen LogP contribution in [0.25, 0.3) is 0 Å². The van der Waals surface area contributed by atoms with Crippen LogP contribution in [-0.4, -0.2) is 5.78 Å². The van der Waals surface area contributed by atoms with Gasteiger partial charge in [-0.25, -0.2) is 0 Å². The summed E-state index contributed by atoms with van der Waals surface area (Å²) in [5, 5.41) is 0. The van der Waals surface area contributed by atoms with E-state index in [2.05, 4.69) is 19.1 Å². The predicted molar refractivity (Wildman–Crippen MR) is 76.7 cm³/mol. The summed E-state index contributed by atoms with van der Waals surface area (Å²) in [7, 11) is 0. The number of fused-ring (bicyclic) bond motifs is 4. The van der Waals surface area contributed by atoms with E-state index in [1.54, 1.807) is 11.1 Å². The molecular formula is C18H22O. The van der Waals surface area contributed by atoms with E-state index in [-0.39, 0.29) is 0 Å². The summed E-state index contributed by atoms with van der Waals surface area (Å²) in [6.07, 6.45) is 14.9. The number of carbonyl (C=O) groups excluding carboxylic acids is 1. The Kier molecular flexibility index (Phi) is 2.43. The second-order valence-electron chi connectivity index (χ2n) is 7.04. The van der Waals surface area contributed by atoms with Gasteiger partial charge in [-0.3, -0.25) is 4.79 Å². The van der Waals surface area contributed by atoms with Crippen LogP contribution in [-0.2, 0) is 4.79 Å². The van der Waals surface area contributed by atoms with Gasteiger partial charge < -0.3 is 0 Å². The maximum Gasteiger partial charge on any atom is 0.156 e. The molecule has 0 N–H and O–H groups in total. The van der Waals surface area contributed by atoms with Crippen molar-refractivity contribution in [3.05, 3.63) is 34.9 Å². The maximum absolute atomic E-state index is 11.6. The quantitative estimate of drug-likeness (QED) is 0.587. The summed E-state index contributed by atoms with van der Waals surface area (Å²) in [6.45, 7) is 2.46. The first-order valence-corrected chi connectivity index (χ1v) is 7.81. The van der Waals surface area contributed by atoms with Gasteiger partial charge in [0.15, 0.2) is 5.78 Å². The number of rotatable bonds is 0. The maximum atomic E-state index is 11.6. The SMILES string of the molecule is CC12C=CCC1C1CCC3=CC(=O)CCC3=C1CC2. The van der Waals surface area contributed by atoms with Gasteiger partial charge in [0.05, 0.1) is 0 Å². The zero-order valence-electron chi connectivity index (χ0n) is 11.7. The van der Waals surface area contributed by atoms with Crippen LogP contribution in [0.5, 0.6) is 0 Å². The molecule has 0 aromatic carbocycles. The van der Waals surface area contributed by atoms with Crippen molar-refractivity contribution in [3.8, 4) is 0 Å². The highest BCUT2D eigenvalue weighted by molar-refractivity contribution is 5.93. The summed E-state index contributed by atoms with van der Waals surface area (Å²) >= 11 is 0. The highest BCUT2D eigenvalue weighted by Gasteiger charge is 2.46. The van der Waals surface area contributed by atoms with Crippen LogP contribution in [0, 0.1) is 17.3 Å². The summed E-state index contributed by atoms with van der Waals surface area (Å²) in [5.41, 5.74) is 5.17. The van der Waals surface area contributed by atoms with Gasteiger partial charge in [0, 0.05) is 6.42 Å². The molecule has 0 aliphatic heterocycles. The molecule has 1 heteroatoms. The molecule has 3 atom stereocenters. The fraction of sp³-hybridized carbons (Fsp3) is 0.611. The average molecular weight is 254 g/mol. The van der Waals surface area contributed by atoms with Crippen LogP contribution in [0.15, 0.2) is 34.9 Å². The first-order chi connectivity index (χ1) is 9.17. The zero-order chi connectivity index (χ0) is 13.0. The highest BCUT2D eigenvalue weighted by atomic mass is 16.1. The standard InChI is InChI=1S/C18H22O/c1-18-9-2-3-17(18)16-6-4-12-11-13(19)5-7-14(12)15(16)8-10-18/h2,9,11,16-17H,3-8,10H2,1H3. The minimum Gasteiger partial charge on any atom is -0.295 e. The molecule has 0 heterocycles. The Morgan fingerprint density at radius 2 is 2.11 bits per heavy atom. The summed E-state index contributed by atoms with van der Waals surface area (Å²) in [6, 6.07) is 0. The number of hydrogen-bond acceptors (Lipinski definition) is 1. The first kappa shape index (κ1) is 11.7. The van der Waals surface area contributed by atoms with Crippen LogP contribution in [0.2, 0.25) is 0 Å². The molecule has 0 radical (unpaired) electrons. The van der Waals surface area contributed by atoms with Gasteiger partial charge in [-0.1, -0.05) is 24.6 Å². The van der Waals surface area contributed by atoms with Crippen molar-refractivity contribution >= 4 is 5.78 Å². The smallest absolute Gasteiger partial charge is 0.156 e. The Morgan fingerprint density at radius 3 is 3.00 bits per heavy atom. The Morgan fingerprint density at radius 1 is 1.21 bits per heavy atom. The first-order valence-electron chi connectivity index (χ1n) is 7.81. The lowest BCUT2D eigenvalue weighted by Gasteiger charge is -2.47. The van der Waals surface area contributed by atoms with Crippen molar-refractivity contribution in [2.75, 3.05) is 0 Å². The second kappa shape index (κ2) is 3.94. The fourth-order valence-corrected chi connectivity index (χ4v) is 5.01. The largest absolute Gasteiger partial charge is 0.295 e. The Balaban J connectivity index is 1.76. The van der Waals surface area contributed by atoms with Gasteiger partial charge in [0.2, 0.25) is 0 Å². The van der Waals surface area contributed by atoms with Crippen LogP contribution in [0.3, 0.4) is 0 Å². The lowest BCUT2D eigenvalue weighted by molar-refractivity contribution is -0.114. The van der Waals surface area contributed by atoms with Crippen molar-refractivity contribution in [3.63, 3.8) is 0 Å². The normalized spacial score (nSPS) is 40.7. The fourth-order valence-electron chi connectivity index (χ4n) is 5.01. The molecule has 4 aliphatic rings. The molecule has 4 aliphatic carbocycles. The monoisotopic (exact) mass is 254 g/mol. The van der Waals surface area contributed by atoms with Crippen molar-refractivity contribution < 1.29 is 4.79 Å². The van der Waals surface area contributed by atoms with Crippen molar-refractivity contribution in [1.29, 1.82) is 0 Å². The Hall–Kier alpha value is -1.11. The van der Waals surface area contributed by atoms with Gasteiger partial charge in [-0.05, 0) is 73.0 Å². The molecule has 0 aromatic heterocycles. The third kappa shape index (κ3) is 1.63. The molecule has 0 bridgehead atoms. The third-order valence-electron chi connectivity index (χ3n) is 6.06.